The van der Waals surface area contributed by atoms with Gasteiger partial charge in [-0.3, -0.25) is 9.59 Å². The topological polar surface area (TPSA) is 99.5 Å². The average molecular weight is 457 g/mol. The Labute approximate surface area is 188 Å². The molecule has 2 N–H and O–H groups in total. The Kier molecular flexibility index (Phi) is 10.7. The van der Waals surface area contributed by atoms with Crippen LogP contribution in [0.1, 0.15) is 36.5 Å². The molecular formula is C22H33ClN2O6. The maximum Gasteiger partial charge on any atom is 0.253 e. The van der Waals surface area contributed by atoms with Gasteiger partial charge in [-0.1, -0.05) is 17.7 Å². The number of hydrogen-bond donors (Lipinski definition) is 2. The molecule has 2 rings (SSSR count). The molecule has 0 spiro atoms. The minimum atomic E-state index is -1.18. The molecule has 1 aromatic rings. The number of halogens is 1. The number of aliphatic hydroxyl groups is 2. The summed E-state index contributed by atoms with van der Waals surface area (Å²) in [5.41, 5.74) is 0.524. The zero-order valence-corrected chi connectivity index (χ0v) is 19.0. The lowest BCUT2D eigenvalue weighted by Crippen LogP contribution is -2.48. The maximum absolute atomic E-state index is 13.0. The molecule has 2 amide bonds. The van der Waals surface area contributed by atoms with E-state index in [4.69, 9.17) is 21.1 Å². The number of carbonyl (C=O) groups excluding carboxylic acids is 2. The molecule has 1 saturated heterocycles. The minimum Gasteiger partial charge on any atom is -0.388 e. The van der Waals surface area contributed by atoms with Crippen molar-refractivity contribution in [2.24, 2.45) is 0 Å². The molecule has 1 aliphatic heterocycles. The van der Waals surface area contributed by atoms with Gasteiger partial charge in [0.15, 0.2) is 0 Å². The predicted octanol–water partition coefficient (Wildman–Crippen LogP) is 1.57. The Morgan fingerprint density at radius 2 is 1.84 bits per heavy atom. The highest BCUT2D eigenvalue weighted by Crippen LogP contribution is 2.15. The minimum absolute atomic E-state index is 0.0355. The Hall–Kier alpha value is -1.71. The number of nitrogens with zero attached hydrogens (tertiary/aromatic N) is 2. The van der Waals surface area contributed by atoms with Gasteiger partial charge in [0.2, 0.25) is 5.91 Å². The summed E-state index contributed by atoms with van der Waals surface area (Å²) in [7, 11) is 1.43. The Morgan fingerprint density at radius 3 is 2.52 bits per heavy atom. The van der Waals surface area contributed by atoms with Crippen LogP contribution in [0.5, 0.6) is 0 Å². The summed E-state index contributed by atoms with van der Waals surface area (Å²) < 4.78 is 10.8. The first-order valence-corrected chi connectivity index (χ1v) is 11.0. The van der Waals surface area contributed by atoms with Crippen molar-refractivity contribution in [1.29, 1.82) is 0 Å². The highest BCUT2D eigenvalue weighted by Gasteiger charge is 2.29. The van der Waals surface area contributed by atoms with Crippen molar-refractivity contribution in [3.05, 3.63) is 34.9 Å². The summed E-state index contributed by atoms with van der Waals surface area (Å²) in [5, 5.41) is 21.1. The Balaban J connectivity index is 2.14. The van der Waals surface area contributed by atoms with Crippen molar-refractivity contribution in [3.63, 3.8) is 0 Å². The largest absolute Gasteiger partial charge is 0.388 e. The molecule has 0 radical (unpaired) electrons. The molecule has 31 heavy (non-hydrogen) atoms. The summed E-state index contributed by atoms with van der Waals surface area (Å²) in [6.07, 6.45) is -1.06. The van der Waals surface area contributed by atoms with Crippen LogP contribution >= 0.6 is 11.6 Å². The second-order valence-corrected chi connectivity index (χ2v) is 8.17. The second-order valence-electron chi connectivity index (χ2n) is 7.74. The maximum atomic E-state index is 13.0. The molecule has 9 heteroatoms. The third kappa shape index (κ3) is 8.05. The number of benzene rings is 1. The van der Waals surface area contributed by atoms with Gasteiger partial charge < -0.3 is 29.5 Å². The number of amides is 2. The number of ether oxygens (including phenoxy) is 2. The number of aliphatic hydroxyl groups excluding tert-OH is 2. The van der Waals surface area contributed by atoms with Gasteiger partial charge in [0.1, 0.15) is 18.3 Å². The van der Waals surface area contributed by atoms with Crippen LogP contribution in [0.2, 0.25) is 5.02 Å². The first kappa shape index (κ1) is 25.5. The molecule has 3 atom stereocenters. The third-order valence-electron chi connectivity index (χ3n) is 5.39. The zero-order valence-electron chi connectivity index (χ0n) is 18.2. The number of rotatable bonds is 2. The SMILES string of the molecule is CO[C@H]1CN(C(C)=O)CCCN(C(=O)c2cccc(Cl)c2)CCCCOC[C@H](O)[C@@H]1O. The molecule has 0 saturated carbocycles. The van der Waals surface area contributed by atoms with E-state index in [0.717, 1.165) is 6.42 Å². The van der Waals surface area contributed by atoms with E-state index in [1.807, 2.05) is 0 Å². The van der Waals surface area contributed by atoms with Crippen molar-refractivity contribution in [1.82, 2.24) is 9.80 Å². The van der Waals surface area contributed by atoms with E-state index in [0.29, 0.717) is 49.7 Å². The predicted molar refractivity (Wildman–Crippen MR) is 117 cm³/mol. The molecule has 8 nitrogen and oxygen atoms in total. The van der Waals surface area contributed by atoms with Gasteiger partial charge in [-0.2, -0.15) is 0 Å². The van der Waals surface area contributed by atoms with Crippen LogP contribution in [0.4, 0.5) is 0 Å². The number of carbonyl (C=O) groups is 2. The highest BCUT2D eigenvalue weighted by molar-refractivity contribution is 6.30. The quantitative estimate of drug-likeness (QED) is 0.700. The number of methoxy groups -OCH3 is 1. The monoisotopic (exact) mass is 456 g/mol. The molecule has 0 aliphatic carbocycles. The molecule has 1 aliphatic rings. The van der Waals surface area contributed by atoms with Crippen molar-refractivity contribution in [2.45, 2.75) is 44.5 Å². The van der Waals surface area contributed by atoms with Gasteiger partial charge >= 0.3 is 0 Å². The van der Waals surface area contributed by atoms with Crippen LogP contribution in [0.25, 0.3) is 0 Å². The lowest BCUT2D eigenvalue weighted by Gasteiger charge is -2.31. The normalized spacial score (nSPS) is 24.9. The molecular weight excluding hydrogens is 424 g/mol. The second kappa shape index (κ2) is 13.0. The lowest BCUT2D eigenvalue weighted by molar-refractivity contribution is -0.136. The molecule has 1 fully saturated rings. The van der Waals surface area contributed by atoms with Crippen molar-refractivity contribution in [3.8, 4) is 0 Å². The summed E-state index contributed by atoms with van der Waals surface area (Å²) >= 11 is 6.04. The molecule has 174 valence electrons. The molecule has 1 heterocycles. The average Bonchev–Trinajstić information content (AvgIpc) is 2.75. The van der Waals surface area contributed by atoms with Gasteiger partial charge in [-0.25, -0.2) is 0 Å². The van der Waals surface area contributed by atoms with Crippen LogP contribution in [0, 0.1) is 0 Å². The van der Waals surface area contributed by atoms with Gasteiger partial charge in [0, 0.05) is 57.4 Å². The fourth-order valence-corrected chi connectivity index (χ4v) is 3.74. The highest BCUT2D eigenvalue weighted by atomic mass is 35.5. The van der Waals surface area contributed by atoms with Crippen molar-refractivity contribution < 1.29 is 29.3 Å². The third-order valence-corrected chi connectivity index (χ3v) is 5.63. The number of hydrogen-bond acceptors (Lipinski definition) is 6. The summed E-state index contributed by atoms with van der Waals surface area (Å²) in [6, 6.07) is 6.86. The van der Waals surface area contributed by atoms with Gasteiger partial charge in [0.25, 0.3) is 5.91 Å². The summed E-state index contributed by atoms with van der Waals surface area (Å²) in [5.74, 6) is -0.278. The van der Waals surface area contributed by atoms with Crippen LogP contribution < -0.4 is 0 Å². The molecule has 0 unspecified atom stereocenters. The van der Waals surface area contributed by atoms with Crippen LogP contribution in [-0.4, -0.2) is 96.6 Å². The van der Waals surface area contributed by atoms with E-state index in [-0.39, 0.29) is 25.0 Å². The Morgan fingerprint density at radius 1 is 1.13 bits per heavy atom. The lowest BCUT2D eigenvalue weighted by atomic mass is 10.1. The summed E-state index contributed by atoms with van der Waals surface area (Å²) in [6.45, 7) is 3.35. The van der Waals surface area contributed by atoms with Crippen LogP contribution in [0.3, 0.4) is 0 Å². The van der Waals surface area contributed by atoms with E-state index in [1.165, 1.54) is 14.0 Å². The Bertz CT molecular complexity index is 719. The first-order valence-electron chi connectivity index (χ1n) is 10.6. The van der Waals surface area contributed by atoms with E-state index in [9.17, 15) is 19.8 Å². The van der Waals surface area contributed by atoms with E-state index in [2.05, 4.69) is 0 Å². The van der Waals surface area contributed by atoms with Gasteiger partial charge in [0.05, 0.1) is 6.61 Å². The zero-order chi connectivity index (χ0) is 22.8. The van der Waals surface area contributed by atoms with Crippen LogP contribution in [0.15, 0.2) is 24.3 Å². The molecule has 1 aromatic carbocycles. The van der Waals surface area contributed by atoms with Crippen molar-refractivity contribution >= 4 is 23.4 Å². The van der Waals surface area contributed by atoms with E-state index in [1.54, 1.807) is 34.1 Å². The first-order chi connectivity index (χ1) is 14.8. The smallest absolute Gasteiger partial charge is 0.253 e. The molecule has 0 bridgehead atoms. The summed E-state index contributed by atoms with van der Waals surface area (Å²) in [4.78, 5) is 28.5. The fourth-order valence-electron chi connectivity index (χ4n) is 3.55. The standard InChI is InChI=1S/C22H33ClN2O6/c1-16(26)25-11-6-10-24(22(29)17-7-5-8-18(23)13-17)9-3-4-12-31-15-19(27)21(28)20(14-25)30-2/h5,7-8,13,19-21,27-28H,3-4,6,9-12,14-15H2,1-2H3/t19-,20-,21-/m0/s1. The molecule has 0 aromatic heterocycles. The van der Waals surface area contributed by atoms with Gasteiger partial charge in [-0.05, 0) is 37.5 Å². The fraction of sp³-hybridized carbons (Fsp3) is 0.636. The van der Waals surface area contributed by atoms with Crippen LogP contribution in [-0.2, 0) is 14.3 Å². The van der Waals surface area contributed by atoms with Crippen molar-refractivity contribution in [2.75, 3.05) is 46.5 Å². The van der Waals surface area contributed by atoms with Gasteiger partial charge in [-0.15, -0.1) is 0 Å². The van der Waals surface area contributed by atoms with E-state index < -0.39 is 18.3 Å². The van der Waals surface area contributed by atoms with E-state index >= 15 is 0 Å².